The van der Waals surface area contributed by atoms with E-state index in [1.165, 1.54) is 17.3 Å². The molecule has 1 aromatic heterocycles. The van der Waals surface area contributed by atoms with Crippen molar-refractivity contribution < 1.29 is 9.53 Å². The summed E-state index contributed by atoms with van der Waals surface area (Å²) in [7, 11) is 2.04. The monoisotopic (exact) mass is 298 g/mol. The van der Waals surface area contributed by atoms with Crippen molar-refractivity contribution in [2.24, 2.45) is 7.05 Å². The second kappa shape index (κ2) is 5.43. The molecule has 2 atom stereocenters. The summed E-state index contributed by atoms with van der Waals surface area (Å²) in [6.07, 6.45) is 6.21. The Morgan fingerprint density at radius 2 is 2.18 bits per heavy atom. The smallest absolute Gasteiger partial charge is 0.227 e. The Hall–Kier alpha value is -1.81. The molecule has 2 aliphatic rings. The highest BCUT2D eigenvalue weighted by atomic mass is 16.5. The molecule has 116 valence electrons. The first-order valence-corrected chi connectivity index (χ1v) is 8.18. The van der Waals surface area contributed by atoms with Crippen molar-refractivity contribution in [3.8, 4) is 0 Å². The maximum absolute atomic E-state index is 12.8. The Labute approximate surface area is 130 Å². The molecule has 0 bridgehead atoms. The number of hydrogen-bond acceptors (Lipinski definition) is 2. The lowest BCUT2D eigenvalue weighted by Crippen LogP contribution is -2.51. The lowest BCUT2D eigenvalue weighted by Gasteiger charge is -2.37. The fraction of sp³-hybridized carbons (Fsp3) is 0.500. The average Bonchev–Trinajstić information content (AvgIpc) is 3.13. The summed E-state index contributed by atoms with van der Waals surface area (Å²) >= 11 is 0. The van der Waals surface area contributed by atoms with Gasteiger partial charge in [0.05, 0.1) is 25.2 Å². The van der Waals surface area contributed by atoms with Crippen molar-refractivity contribution in [3.05, 3.63) is 36.0 Å². The van der Waals surface area contributed by atoms with Crippen LogP contribution < -0.4 is 0 Å². The second-order valence-corrected chi connectivity index (χ2v) is 6.45. The van der Waals surface area contributed by atoms with Crippen LogP contribution in [-0.2, 0) is 23.0 Å². The van der Waals surface area contributed by atoms with Gasteiger partial charge >= 0.3 is 0 Å². The highest BCUT2D eigenvalue weighted by molar-refractivity contribution is 5.89. The minimum absolute atomic E-state index is 0.247. The van der Waals surface area contributed by atoms with E-state index in [2.05, 4.69) is 27.8 Å². The first-order chi connectivity index (χ1) is 10.7. The van der Waals surface area contributed by atoms with Crippen molar-refractivity contribution in [2.75, 3.05) is 13.2 Å². The van der Waals surface area contributed by atoms with Gasteiger partial charge < -0.3 is 14.2 Å². The topological polar surface area (TPSA) is 34.5 Å². The summed E-state index contributed by atoms with van der Waals surface area (Å²) in [6.45, 7) is 1.42. The molecule has 1 aromatic carbocycles. The van der Waals surface area contributed by atoms with Gasteiger partial charge in [-0.2, -0.15) is 0 Å². The zero-order chi connectivity index (χ0) is 15.1. The SMILES string of the molecule is Cn1cc(CC(=O)N2CCO[C@H]3CCC[C@@H]32)c2ccccc21. The van der Waals surface area contributed by atoms with Gasteiger partial charge in [0.2, 0.25) is 5.91 Å². The lowest BCUT2D eigenvalue weighted by molar-refractivity contribution is -0.143. The van der Waals surface area contributed by atoms with Gasteiger partial charge in [-0.05, 0) is 30.9 Å². The molecule has 1 aliphatic heterocycles. The number of morpholine rings is 1. The molecule has 2 fully saturated rings. The van der Waals surface area contributed by atoms with E-state index < -0.39 is 0 Å². The highest BCUT2D eigenvalue weighted by Crippen LogP contribution is 2.30. The van der Waals surface area contributed by atoms with Crippen molar-refractivity contribution in [2.45, 2.75) is 37.8 Å². The van der Waals surface area contributed by atoms with Crippen LogP contribution in [0.3, 0.4) is 0 Å². The van der Waals surface area contributed by atoms with Gasteiger partial charge in [-0.1, -0.05) is 18.2 Å². The van der Waals surface area contributed by atoms with Crippen LogP contribution in [0.1, 0.15) is 24.8 Å². The molecule has 0 radical (unpaired) electrons. The van der Waals surface area contributed by atoms with E-state index in [1.807, 2.05) is 19.2 Å². The summed E-state index contributed by atoms with van der Waals surface area (Å²) in [4.78, 5) is 14.9. The van der Waals surface area contributed by atoms with Crippen LogP contribution in [0.25, 0.3) is 10.9 Å². The number of amides is 1. The Bertz CT molecular complexity index is 706. The fourth-order valence-electron chi connectivity index (χ4n) is 4.07. The lowest BCUT2D eigenvalue weighted by atomic mass is 10.1. The summed E-state index contributed by atoms with van der Waals surface area (Å²) in [5.41, 5.74) is 2.31. The molecule has 2 heterocycles. The van der Waals surface area contributed by atoms with Crippen LogP contribution in [0, 0.1) is 0 Å². The van der Waals surface area contributed by atoms with E-state index in [-0.39, 0.29) is 12.0 Å². The van der Waals surface area contributed by atoms with Crippen molar-refractivity contribution in [3.63, 3.8) is 0 Å². The molecular weight excluding hydrogens is 276 g/mol. The molecule has 4 rings (SSSR count). The molecule has 2 aromatic rings. The summed E-state index contributed by atoms with van der Waals surface area (Å²) in [6, 6.07) is 8.59. The number of benzene rings is 1. The Kier molecular flexibility index (Phi) is 3.41. The van der Waals surface area contributed by atoms with Gasteiger partial charge in [0, 0.05) is 30.7 Å². The number of aromatic nitrogens is 1. The number of carbonyl (C=O) groups is 1. The van der Waals surface area contributed by atoms with E-state index >= 15 is 0 Å². The number of hydrogen-bond donors (Lipinski definition) is 0. The third kappa shape index (κ3) is 2.22. The molecular formula is C18H22N2O2. The zero-order valence-electron chi connectivity index (χ0n) is 13.0. The number of aryl methyl sites for hydroxylation is 1. The summed E-state index contributed by atoms with van der Waals surface area (Å²) < 4.78 is 7.92. The molecule has 1 saturated heterocycles. The normalized spacial score (nSPS) is 24.7. The Morgan fingerprint density at radius 1 is 1.32 bits per heavy atom. The van der Waals surface area contributed by atoms with Crippen molar-refractivity contribution in [1.29, 1.82) is 0 Å². The number of rotatable bonds is 2. The van der Waals surface area contributed by atoms with Crippen LogP contribution in [-0.4, -0.2) is 40.7 Å². The maximum atomic E-state index is 12.8. The van der Waals surface area contributed by atoms with Crippen LogP contribution in [0.4, 0.5) is 0 Å². The van der Waals surface area contributed by atoms with E-state index in [9.17, 15) is 4.79 Å². The van der Waals surface area contributed by atoms with Gasteiger partial charge in [-0.15, -0.1) is 0 Å². The molecule has 1 saturated carbocycles. The fourth-order valence-corrected chi connectivity index (χ4v) is 4.07. The van der Waals surface area contributed by atoms with E-state index in [0.29, 0.717) is 19.1 Å². The molecule has 1 aliphatic carbocycles. The van der Waals surface area contributed by atoms with Gasteiger partial charge in [0.15, 0.2) is 0 Å². The first kappa shape index (κ1) is 13.8. The van der Waals surface area contributed by atoms with E-state index in [0.717, 1.165) is 24.9 Å². The Balaban J connectivity index is 1.58. The minimum Gasteiger partial charge on any atom is -0.374 e. The number of ether oxygens (including phenoxy) is 1. The number of carbonyl (C=O) groups excluding carboxylic acids is 1. The molecule has 0 unspecified atom stereocenters. The van der Waals surface area contributed by atoms with Crippen LogP contribution in [0.2, 0.25) is 0 Å². The average molecular weight is 298 g/mol. The molecule has 0 spiro atoms. The summed E-state index contributed by atoms with van der Waals surface area (Å²) in [5.74, 6) is 0.247. The second-order valence-electron chi connectivity index (χ2n) is 6.45. The number of para-hydroxylation sites is 1. The first-order valence-electron chi connectivity index (χ1n) is 8.18. The number of fused-ring (bicyclic) bond motifs is 2. The molecule has 1 amide bonds. The molecule has 22 heavy (non-hydrogen) atoms. The largest absolute Gasteiger partial charge is 0.374 e. The maximum Gasteiger partial charge on any atom is 0.227 e. The predicted molar refractivity (Wildman–Crippen MR) is 85.7 cm³/mol. The predicted octanol–water partition coefficient (Wildman–Crippen LogP) is 2.50. The van der Waals surface area contributed by atoms with E-state index in [4.69, 9.17) is 4.74 Å². The van der Waals surface area contributed by atoms with Crippen molar-refractivity contribution >= 4 is 16.8 Å². The molecule has 4 heteroatoms. The van der Waals surface area contributed by atoms with Crippen LogP contribution in [0.5, 0.6) is 0 Å². The quantitative estimate of drug-likeness (QED) is 0.854. The summed E-state index contributed by atoms with van der Waals surface area (Å²) in [5, 5.41) is 1.19. The van der Waals surface area contributed by atoms with Crippen LogP contribution >= 0.6 is 0 Å². The van der Waals surface area contributed by atoms with Crippen LogP contribution in [0.15, 0.2) is 30.5 Å². The van der Waals surface area contributed by atoms with Gasteiger partial charge in [0.25, 0.3) is 0 Å². The molecule has 4 nitrogen and oxygen atoms in total. The molecule has 0 N–H and O–H groups in total. The van der Waals surface area contributed by atoms with Crippen molar-refractivity contribution in [1.82, 2.24) is 9.47 Å². The number of nitrogens with zero attached hydrogens (tertiary/aromatic N) is 2. The highest BCUT2D eigenvalue weighted by Gasteiger charge is 2.38. The minimum atomic E-state index is 0.247. The Morgan fingerprint density at radius 3 is 3.09 bits per heavy atom. The van der Waals surface area contributed by atoms with Gasteiger partial charge in [-0.3, -0.25) is 4.79 Å². The zero-order valence-corrected chi connectivity index (χ0v) is 13.0. The third-order valence-electron chi connectivity index (χ3n) is 5.12. The van der Waals surface area contributed by atoms with E-state index in [1.54, 1.807) is 0 Å². The van der Waals surface area contributed by atoms with Gasteiger partial charge in [0.1, 0.15) is 0 Å². The standard InChI is InChI=1S/C18H22N2O2/c1-19-12-13(14-5-2-3-6-15(14)19)11-18(21)20-9-10-22-17-8-4-7-16(17)20/h2-3,5-6,12,16-17H,4,7-11H2,1H3/t16-,17-/m0/s1. The third-order valence-corrected chi connectivity index (χ3v) is 5.12. The van der Waals surface area contributed by atoms with Gasteiger partial charge in [-0.25, -0.2) is 0 Å².